The number of carbonyl (C=O) groups excluding carboxylic acids is 1. The first-order valence-corrected chi connectivity index (χ1v) is 9.17. The Morgan fingerprint density at radius 3 is 2.15 bits per heavy atom. The van der Waals surface area contributed by atoms with E-state index in [2.05, 4.69) is 51.2 Å². The van der Waals surface area contributed by atoms with Gasteiger partial charge in [0.05, 0.1) is 7.11 Å². The van der Waals surface area contributed by atoms with Crippen molar-refractivity contribution in [3.05, 3.63) is 58.1 Å². The fourth-order valence-electron chi connectivity index (χ4n) is 3.49. The molecule has 26 heavy (non-hydrogen) atoms. The highest BCUT2D eigenvalue weighted by Gasteiger charge is 2.24. The highest BCUT2D eigenvalue weighted by Crippen LogP contribution is 2.38. The van der Waals surface area contributed by atoms with Crippen LogP contribution >= 0.6 is 0 Å². The van der Waals surface area contributed by atoms with Crippen molar-refractivity contribution in [3.8, 4) is 5.75 Å². The summed E-state index contributed by atoms with van der Waals surface area (Å²) in [5, 5.41) is 2.96. The second-order valence-electron chi connectivity index (χ2n) is 7.60. The van der Waals surface area contributed by atoms with Crippen LogP contribution in [0.3, 0.4) is 0 Å². The second-order valence-corrected chi connectivity index (χ2v) is 7.60. The van der Waals surface area contributed by atoms with Gasteiger partial charge < -0.3 is 10.1 Å². The summed E-state index contributed by atoms with van der Waals surface area (Å²) in [5.74, 6) is 1.60. The van der Waals surface area contributed by atoms with Gasteiger partial charge >= 0.3 is 0 Å². The molecule has 3 heteroatoms. The van der Waals surface area contributed by atoms with E-state index in [9.17, 15) is 4.79 Å². The summed E-state index contributed by atoms with van der Waals surface area (Å²) in [4.78, 5) is 12.5. The van der Waals surface area contributed by atoms with Crippen molar-refractivity contribution in [1.29, 1.82) is 0 Å². The molecule has 1 heterocycles. The van der Waals surface area contributed by atoms with E-state index in [1.54, 1.807) is 7.11 Å². The molecular formula is C23H27NO2. The number of hydrogen-bond acceptors (Lipinski definition) is 2. The van der Waals surface area contributed by atoms with Crippen LogP contribution in [-0.4, -0.2) is 13.0 Å². The summed E-state index contributed by atoms with van der Waals surface area (Å²) in [6.07, 6.45) is 2.00. The van der Waals surface area contributed by atoms with Gasteiger partial charge in [0.2, 0.25) is 0 Å². The van der Waals surface area contributed by atoms with Crippen LogP contribution in [0.5, 0.6) is 5.75 Å². The molecule has 3 rings (SSSR count). The Bertz CT molecular complexity index is 862. The number of hydrogen-bond donors (Lipinski definition) is 1. The zero-order chi connectivity index (χ0) is 19.0. The van der Waals surface area contributed by atoms with E-state index in [1.807, 2.05) is 25.1 Å². The number of amides is 1. The lowest BCUT2D eigenvalue weighted by Crippen LogP contribution is -2.04. The quantitative estimate of drug-likeness (QED) is 0.714. The molecule has 1 aliphatic heterocycles. The maximum absolute atomic E-state index is 12.5. The van der Waals surface area contributed by atoms with Gasteiger partial charge in [0.1, 0.15) is 5.75 Å². The van der Waals surface area contributed by atoms with Crippen LogP contribution < -0.4 is 10.1 Å². The monoisotopic (exact) mass is 349 g/mol. The van der Waals surface area contributed by atoms with Gasteiger partial charge in [-0.25, -0.2) is 0 Å². The van der Waals surface area contributed by atoms with Gasteiger partial charge in [0, 0.05) is 16.8 Å². The van der Waals surface area contributed by atoms with Gasteiger partial charge in [-0.3, -0.25) is 4.79 Å². The Balaban J connectivity index is 2.18. The number of rotatable bonds is 4. The van der Waals surface area contributed by atoms with Crippen LogP contribution in [0.15, 0.2) is 30.3 Å². The summed E-state index contributed by atoms with van der Waals surface area (Å²) in [7, 11) is 1.73. The third-order valence-electron chi connectivity index (χ3n) is 4.89. The number of ether oxygens (including phenoxy) is 1. The molecule has 1 amide bonds. The molecular weight excluding hydrogens is 322 g/mol. The Hall–Kier alpha value is -2.55. The lowest BCUT2D eigenvalue weighted by Gasteiger charge is -2.19. The minimum Gasteiger partial charge on any atom is -0.496 e. The van der Waals surface area contributed by atoms with Crippen molar-refractivity contribution in [2.24, 2.45) is 0 Å². The Morgan fingerprint density at radius 2 is 1.62 bits per heavy atom. The number of benzene rings is 2. The average molecular weight is 349 g/mol. The van der Waals surface area contributed by atoms with Crippen LogP contribution in [0, 0.1) is 6.92 Å². The van der Waals surface area contributed by atoms with Crippen molar-refractivity contribution in [2.45, 2.75) is 46.5 Å². The molecule has 0 bridgehead atoms. The first-order chi connectivity index (χ1) is 12.3. The van der Waals surface area contributed by atoms with Crippen molar-refractivity contribution < 1.29 is 9.53 Å². The SMILES string of the molecule is COc1c(C(C)C)cc(/C=C2\C(=O)Nc3ccc(C)cc32)cc1C(C)C. The highest BCUT2D eigenvalue weighted by atomic mass is 16.5. The number of methoxy groups -OCH3 is 1. The summed E-state index contributed by atoms with van der Waals surface area (Å²) < 4.78 is 5.72. The lowest BCUT2D eigenvalue weighted by atomic mass is 9.90. The predicted molar refractivity (Wildman–Crippen MR) is 109 cm³/mol. The van der Waals surface area contributed by atoms with E-state index in [0.717, 1.165) is 33.7 Å². The van der Waals surface area contributed by atoms with Gasteiger partial charge in [-0.15, -0.1) is 0 Å². The number of fused-ring (bicyclic) bond motifs is 1. The summed E-state index contributed by atoms with van der Waals surface area (Å²) in [6.45, 7) is 10.7. The largest absolute Gasteiger partial charge is 0.496 e. The van der Waals surface area contributed by atoms with Gasteiger partial charge in [-0.05, 0) is 65.8 Å². The smallest absolute Gasteiger partial charge is 0.256 e. The fourth-order valence-corrected chi connectivity index (χ4v) is 3.49. The van der Waals surface area contributed by atoms with Crippen molar-refractivity contribution >= 4 is 23.2 Å². The zero-order valence-electron chi connectivity index (χ0n) is 16.4. The highest BCUT2D eigenvalue weighted by molar-refractivity contribution is 6.34. The van der Waals surface area contributed by atoms with E-state index < -0.39 is 0 Å². The molecule has 0 aromatic heterocycles. The molecule has 0 aliphatic carbocycles. The van der Waals surface area contributed by atoms with Crippen molar-refractivity contribution in [3.63, 3.8) is 0 Å². The molecule has 3 nitrogen and oxygen atoms in total. The summed E-state index contributed by atoms with van der Waals surface area (Å²) in [5.41, 5.74) is 7.11. The average Bonchev–Trinajstić information content (AvgIpc) is 2.89. The minimum absolute atomic E-state index is 0.0430. The summed E-state index contributed by atoms with van der Waals surface area (Å²) >= 11 is 0. The van der Waals surface area contributed by atoms with E-state index in [-0.39, 0.29) is 5.91 Å². The molecule has 0 atom stereocenters. The van der Waals surface area contributed by atoms with Crippen LogP contribution in [0.1, 0.15) is 67.3 Å². The Kier molecular flexibility index (Phi) is 4.90. The van der Waals surface area contributed by atoms with E-state index in [1.165, 1.54) is 11.1 Å². The summed E-state index contributed by atoms with van der Waals surface area (Å²) in [6, 6.07) is 10.3. The maximum Gasteiger partial charge on any atom is 0.256 e. The fraction of sp³-hybridized carbons (Fsp3) is 0.348. The molecule has 0 unspecified atom stereocenters. The minimum atomic E-state index is -0.0430. The molecule has 1 aliphatic rings. The molecule has 136 valence electrons. The van der Waals surface area contributed by atoms with Gasteiger partial charge in [0.15, 0.2) is 0 Å². The van der Waals surface area contributed by atoms with E-state index in [0.29, 0.717) is 11.8 Å². The molecule has 2 aromatic carbocycles. The van der Waals surface area contributed by atoms with E-state index >= 15 is 0 Å². The first kappa shape index (κ1) is 18.2. The second kappa shape index (κ2) is 6.99. The molecule has 1 N–H and O–H groups in total. The van der Waals surface area contributed by atoms with Gasteiger partial charge in [-0.1, -0.05) is 39.3 Å². The standard InChI is InChI=1S/C23H27NO2/c1-13(2)17-10-16(11-18(14(3)4)22(17)26-6)12-20-19-9-15(5)7-8-21(19)24-23(20)25/h7-14H,1-6H3,(H,24,25)/b20-12-. The van der Waals surface area contributed by atoms with Crippen LogP contribution in [0.25, 0.3) is 11.6 Å². The number of aryl methyl sites for hydroxylation is 1. The van der Waals surface area contributed by atoms with Crippen molar-refractivity contribution in [1.82, 2.24) is 0 Å². The van der Waals surface area contributed by atoms with E-state index in [4.69, 9.17) is 4.74 Å². The van der Waals surface area contributed by atoms with Crippen LogP contribution in [0.4, 0.5) is 5.69 Å². The first-order valence-electron chi connectivity index (χ1n) is 9.17. The normalized spacial score (nSPS) is 14.9. The number of anilines is 1. The number of carbonyl (C=O) groups is 1. The molecule has 0 radical (unpaired) electrons. The third kappa shape index (κ3) is 3.26. The third-order valence-corrected chi connectivity index (χ3v) is 4.89. The molecule has 2 aromatic rings. The maximum atomic E-state index is 12.5. The topological polar surface area (TPSA) is 38.3 Å². The predicted octanol–water partition coefficient (Wildman–Crippen LogP) is 5.74. The molecule has 0 saturated carbocycles. The molecule has 0 spiro atoms. The molecule has 0 fully saturated rings. The Labute approximate surface area is 156 Å². The van der Waals surface area contributed by atoms with Crippen molar-refractivity contribution in [2.75, 3.05) is 12.4 Å². The van der Waals surface area contributed by atoms with Crippen LogP contribution in [-0.2, 0) is 4.79 Å². The van der Waals surface area contributed by atoms with Gasteiger partial charge in [-0.2, -0.15) is 0 Å². The molecule has 0 saturated heterocycles. The van der Waals surface area contributed by atoms with Gasteiger partial charge in [0.25, 0.3) is 5.91 Å². The zero-order valence-corrected chi connectivity index (χ0v) is 16.4. The lowest BCUT2D eigenvalue weighted by molar-refractivity contribution is -0.110. The number of nitrogens with one attached hydrogen (secondary N) is 1. The van der Waals surface area contributed by atoms with Crippen LogP contribution in [0.2, 0.25) is 0 Å². The Morgan fingerprint density at radius 1 is 1.00 bits per heavy atom.